The summed E-state index contributed by atoms with van der Waals surface area (Å²) in [7, 11) is 0. The molecule has 0 radical (unpaired) electrons. The summed E-state index contributed by atoms with van der Waals surface area (Å²) < 4.78 is 1.96. The highest BCUT2D eigenvalue weighted by atomic mass is 35.5. The van der Waals surface area contributed by atoms with Crippen LogP contribution < -0.4 is 5.32 Å². The van der Waals surface area contributed by atoms with Gasteiger partial charge in [-0.2, -0.15) is 0 Å². The van der Waals surface area contributed by atoms with E-state index in [1.807, 2.05) is 114 Å². The lowest BCUT2D eigenvalue weighted by atomic mass is 10.0. The molecule has 0 spiro atoms. The SMILES string of the molecule is O=C(CSc1nnc(-c2ccc(Cl)cc2)n1-c1ccccc1)Nc1ccccc1-c1ccccc1. The quantitative estimate of drug-likeness (QED) is 0.247. The number of anilines is 1. The van der Waals surface area contributed by atoms with Crippen LogP contribution in [0.4, 0.5) is 5.69 Å². The van der Waals surface area contributed by atoms with E-state index in [0.717, 1.165) is 28.1 Å². The Bertz CT molecular complexity index is 1440. The van der Waals surface area contributed by atoms with Crippen LogP contribution in [0.3, 0.4) is 0 Å². The minimum atomic E-state index is -0.117. The second-order valence-electron chi connectivity index (χ2n) is 7.73. The van der Waals surface area contributed by atoms with Crippen LogP contribution in [0.2, 0.25) is 5.02 Å². The molecule has 1 N–H and O–H groups in total. The summed E-state index contributed by atoms with van der Waals surface area (Å²) in [4.78, 5) is 12.9. The number of halogens is 1. The largest absolute Gasteiger partial charge is 0.325 e. The molecule has 0 unspecified atom stereocenters. The van der Waals surface area contributed by atoms with Crippen LogP contribution in [0.1, 0.15) is 0 Å². The maximum atomic E-state index is 12.9. The number of thioether (sulfide) groups is 1. The Balaban J connectivity index is 1.38. The summed E-state index contributed by atoms with van der Waals surface area (Å²) in [5.41, 5.74) is 4.60. The average molecular weight is 497 g/mol. The van der Waals surface area contributed by atoms with Gasteiger partial charge in [-0.15, -0.1) is 10.2 Å². The molecule has 1 amide bonds. The van der Waals surface area contributed by atoms with Gasteiger partial charge in [0.05, 0.1) is 5.75 Å². The van der Waals surface area contributed by atoms with Crippen molar-refractivity contribution >= 4 is 35.0 Å². The fourth-order valence-corrected chi connectivity index (χ4v) is 4.62. The molecule has 7 heteroatoms. The van der Waals surface area contributed by atoms with Crippen molar-refractivity contribution in [3.63, 3.8) is 0 Å². The minimum Gasteiger partial charge on any atom is -0.325 e. The van der Waals surface area contributed by atoms with Crippen LogP contribution in [-0.2, 0) is 4.79 Å². The van der Waals surface area contributed by atoms with E-state index in [0.29, 0.717) is 16.0 Å². The summed E-state index contributed by atoms with van der Waals surface area (Å²) in [6.45, 7) is 0. The minimum absolute atomic E-state index is 0.117. The van der Waals surface area contributed by atoms with Crippen molar-refractivity contribution in [1.29, 1.82) is 0 Å². The zero-order chi connectivity index (χ0) is 24.0. The Labute approximate surface area is 212 Å². The summed E-state index contributed by atoms with van der Waals surface area (Å²) >= 11 is 7.41. The number of nitrogens with one attached hydrogen (secondary N) is 1. The first-order chi connectivity index (χ1) is 17.2. The third-order valence-corrected chi connectivity index (χ3v) is 6.55. The number of carbonyl (C=O) groups is 1. The lowest BCUT2D eigenvalue weighted by Gasteiger charge is -2.12. The molecule has 172 valence electrons. The van der Waals surface area contributed by atoms with E-state index in [9.17, 15) is 4.79 Å². The van der Waals surface area contributed by atoms with Gasteiger partial charge in [0.25, 0.3) is 0 Å². The van der Waals surface area contributed by atoms with E-state index in [1.165, 1.54) is 11.8 Å². The summed E-state index contributed by atoms with van der Waals surface area (Å²) in [6.07, 6.45) is 0. The van der Waals surface area contributed by atoms with Gasteiger partial charge in [0.1, 0.15) is 0 Å². The first kappa shape index (κ1) is 22.9. The van der Waals surface area contributed by atoms with Crippen molar-refractivity contribution < 1.29 is 4.79 Å². The van der Waals surface area contributed by atoms with Crippen molar-refractivity contribution in [3.05, 3.63) is 114 Å². The van der Waals surface area contributed by atoms with Crippen molar-refractivity contribution in [2.75, 3.05) is 11.1 Å². The molecule has 0 saturated heterocycles. The molecule has 0 aliphatic rings. The van der Waals surface area contributed by atoms with Gasteiger partial charge in [0, 0.05) is 27.5 Å². The molecule has 4 aromatic carbocycles. The van der Waals surface area contributed by atoms with Crippen LogP contribution in [0.5, 0.6) is 0 Å². The number of para-hydroxylation sites is 2. The van der Waals surface area contributed by atoms with Crippen LogP contribution >= 0.6 is 23.4 Å². The molecular weight excluding hydrogens is 476 g/mol. The van der Waals surface area contributed by atoms with Gasteiger partial charge in [0.15, 0.2) is 11.0 Å². The van der Waals surface area contributed by atoms with E-state index in [1.54, 1.807) is 0 Å². The monoisotopic (exact) mass is 496 g/mol. The van der Waals surface area contributed by atoms with Gasteiger partial charge < -0.3 is 5.32 Å². The lowest BCUT2D eigenvalue weighted by molar-refractivity contribution is -0.113. The molecular formula is C28H21ClN4OS. The molecule has 1 heterocycles. The van der Waals surface area contributed by atoms with Crippen LogP contribution in [0, 0.1) is 0 Å². The fourth-order valence-electron chi connectivity index (χ4n) is 3.74. The molecule has 0 atom stereocenters. The Morgan fingerprint density at radius 1 is 0.771 bits per heavy atom. The molecule has 5 aromatic rings. The van der Waals surface area contributed by atoms with E-state index < -0.39 is 0 Å². The van der Waals surface area contributed by atoms with Crippen LogP contribution in [0.15, 0.2) is 114 Å². The summed E-state index contributed by atoms with van der Waals surface area (Å²) in [5, 5.41) is 13.2. The Kier molecular flexibility index (Phi) is 6.93. The third kappa shape index (κ3) is 5.29. The molecule has 35 heavy (non-hydrogen) atoms. The second-order valence-corrected chi connectivity index (χ2v) is 9.11. The van der Waals surface area contributed by atoms with Crippen LogP contribution in [0.25, 0.3) is 28.2 Å². The van der Waals surface area contributed by atoms with E-state index in [4.69, 9.17) is 11.6 Å². The topological polar surface area (TPSA) is 59.8 Å². The predicted octanol–water partition coefficient (Wildman–Crippen LogP) is 6.99. The number of carbonyl (C=O) groups excluding carboxylic acids is 1. The van der Waals surface area contributed by atoms with Gasteiger partial charge in [-0.25, -0.2) is 0 Å². The van der Waals surface area contributed by atoms with Gasteiger partial charge in [-0.1, -0.05) is 90.1 Å². The average Bonchev–Trinajstić information content (AvgIpc) is 3.33. The van der Waals surface area contributed by atoms with E-state index in [2.05, 4.69) is 15.5 Å². The van der Waals surface area contributed by atoms with Crippen molar-refractivity contribution in [1.82, 2.24) is 14.8 Å². The fraction of sp³-hybridized carbons (Fsp3) is 0.0357. The summed E-state index contributed by atoms with van der Waals surface area (Å²) in [5.74, 6) is 0.758. The molecule has 5 rings (SSSR count). The maximum Gasteiger partial charge on any atom is 0.234 e. The third-order valence-electron chi connectivity index (χ3n) is 5.37. The molecule has 0 aliphatic heterocycles. The first-order valence-corrected chi connectivity index (χ1v) is 12.4. The number of amides is 1. The molecule has 0 saturated carbocycles. The lowest BCUT2D eigenvalue weighted by Crippen LogP contribution is -2.15. The molecule has 0 fully saturated rings. The maximum absolute atomic E-state index is 12.9. The normalized spacial score (nSPS) is 10.8. The zero-order valence-corrected chi connectivity index (χ0v) is 20.2. The molecule has 1 aromatic heterocycles. The van der Waals surface area contributed by atoms with E-state index >= 15 is 0 Å². The smallest absolute Gasteiger partial charge is 0.234 e. The second kappa shape index (κ2) is 10.6. The highest BCUT2D eigenvalue weighted by molar-refractivity contribution is 7.99. The van der Waals surface area contributed by atoms with Crippen molar-refractivity contribution in [2.45, 2.75) is 5.16 Å². The predicted molar refractivity (Wildman–Crippen MR) is 143 cm³/mol. The number of aromatic nitrogens is 3. The number of rotatable bonds is 7. The van der Waals surface area contributed by atoms with Crippen molar-refractivity contribution in [3.8, 4) is 28.2 Å². The number of benzene rings is 4. The van der Waals surface area contributed by atoms with Crippen molar-refractivity contribution in [2.24, 2.45) is 0 Å². The molecule has 0 bridgehead atoms. The Morgan fingerprint density at radius 3 is 2.17 bits per heavy atom. The van der Waals surface area contributed by atoms with Gasteiger partial charge in [0.2, 0.25) is 5.91 Å². The zero-order valence-electron chi connectivity index (χ0n) is 18.6. The number of hydrogen-bond acceptors (Lipinski definition) is 4. The number of hydrogen-bond donors (Lipinski definition) is 1. The molecule has 0 aliphatic carbocycles. The van der Waals surface area contributed by atoms with Gasteiger partial charge >= 0.3 is 0 Å². The highest BCUT2D eigenvalue weighted by Crippen LogP contribution is 2.30. The van der Waals surface area contributed by atoms with Gasteiger partial charge in [-0.05, 0) is 48.0 Å². The van der Waals surface area contributed by atoms with Crippen LogP contribution in [-0.4, -0.2) is 26.4 Å². The highest BCUT2D eigenvalue weighted by Gasteiger charge is 2.18. The Hall–Kier alpha value is -3.87. The summed E-state index contributed by atoms with van der Waals surface area (Å²) in [6, 6.07) is 35.1. The Morgan fingerprint density at radius 2 is 1.43 bits per heavy atom. The molecule has 5 nitrogen and oxygen atoms in total. The van der Waals surface area contributed by atoms with E-state index in [-0.39, 0.29) is 11.7 Å². The standard InChI is InChI=1S/C28H21ClN4OS/c29-22-17-15-21(16-18-22)27-31-32-28(33(27)23-11-5-2-6-12-23)35-19-26(34)30-25-14-8-7-13-24(25)20-9-3-1-4-10-20/h1-18H,19H2,(H,30,34). The number of nitrogens with zero attached hydrogens (tertiary/aromatic N) is 3. The van der Waals surface area contributed by atoms with Gasteiger partial charge in [-0.3, -0.25) is 9.36 Å². The first-order valence-electron chi connectivity index (χ1n) is 11.0.